The zero-order chi connectivity index (χ0) is 38.6. The summed E-state index contributed by atoms with van der Waals surface area (Å²) in [6.07, 6.45) is 0. The number of nitrogen functional groups attached to an aromatic ring is 1. The Morgan fingerprint density at radius 2 is 1.02 bits per heavy atom. The number of azo groups is 3. The number of phenols is 2. The highest BCUT2D eigenvalue weighted by molar-refractivity contribution is 7.86. The van der Waals surface area contributed by atoms with E-state index in [1.165, 1.54) is 48.5 Å². The third-order valence-corrected chi connectivity index (χ3v) is 9.28. The van der Waals surface area contributed by atoms with Gasteiger partial charge in [-0.05, 0) is 102 Å². The zero-order valence-corrected chi connectivity index (χ0v) is 29.0. The number of fused-ring (bicyclic) bond motifs is 1. The fourth-order valence-corrected chi connectivity index (χ4v) is 6.27. The average molecular weight is 767 g/mol. The summed E-state index contributed by atoms with van der Waals surface area (Å²) in [5, 5.41) is 46.5. The predicted octanol–water partition coefficient (Wildman–Crippen LogP) is 8.83. The summed E-state index contributed by atoms with van der Waals surface area (Å²) in [5.41, 5.74) is 6.56. The molecular formula is C35H26N8O9S2. The largest absolute Gasteiger partial charge is 0.508 e. The maximum atomic E-state index is 12.9. The van der Waals surface area contributed by atoms with Crippen molar-refractivity contribution in [3.05, 3.63) is 121 Å². The van der Waals surface area contributed by atoms with Crippen molar-refractivity contribution in [3.63, 3.8) is 0 Å². The van der Waals surface area contributed by atoms with E-state index in [-0.39, 0.29) is 33.5 Å². The molecule has 7 N–H and O–H groups in total. The molecule has 0 saturated carbocycles. The fraction of sp³-hybridized carbons (Fsp3) is 0. The molecular weight excluding hydrogens is 741 g/mol. The Balaban J connectivity index is 1.26. The Morgan fingerprint density at radius 3 is 1.56 bits per heavy atom. The van der Waals surface area contributed by atoms with E-state index in [4.69, 9.17) is 5.73 Å². The van der Waals surface area contributed by atoms with Crippen LogP contribution in [-0.4, -0.2) is 42.1 Å². The molecule has 1 amide bonds. The SMILES string of the molecule is Nc1c(N=Nc2ccc(C(=O)Nc3ccc(N=Nc4ccc(O)cc4)cc3)cc2)c(S(=O)(=O)O)cc2cc(S(=O)(=O)O)c(N=Nc3ccccc3)c(O)c12. The van der Waals surface area contributed by atoms with Gasteiger partial charge in [-0.1, -0.05) is 18.2 Å². The summed E-state index contributed by atoms with van der Waals surface area (Å²) < 4.78 is 69.3. The number of rotatable bonds is 10. The number of carbonyl (C=O) groups excluding carboxylic acids is 1. The van der Waals surface area contributed by atoms with E-state index in [9.17, 15) is 40.9 Å². The minimum Gasteiger partial charge on any atom is -0.508 e. The summed E-state index contributed by atoms with van der Waals surface area (Å²) in [6, 6.07) is 28.0. The van der Waals surface area contributed by atoms with Crippen LogP contribution in [0, 0.1) is 0 Å². The van der Waals surface area contributed by atoms with Crippen LogP contribution in [0.5, 0.6) is 11.5 Å². The minimum absolute atomic E-state index is 0.108. The van der Waals surface area contributed by atoms with Gasteiger partial charge < -0.3 is 21.3 Å². The first-order valence-corrected chi connectivity index (χ1v) is 18.2. The predicted molar refractivity (Wildman–Crippen MR) is 198 cm³/mol. The number of nitrogens with two attached hydrogens (primary N) is 1. The van der Waals surface area contributed by atoms with Crippen LogP contribution in [0.4, 0.5) is 45.5 Å². The Hall–Kier alpha value is -6.93. The molecule has 0 radical (unpaired) electrons. The Kier molecular flexibility index (Phi) is 10.2. The molecule has 19 heteroatoms. The topological polar surface area (TPSA) is 278 Å². The lowest BCUT2D eigenvalue weighted by Crippen LogP contribution is -2.11. The number of anilines is 2. The summed E-state index contributed by atoms with van der Waals surface area (Å²) in [5.74, 6) is -1.25. The molecule has 0 saturated heterocycles. The molecule has 54 heavy (non-hydrogen) atoms. The molecule has 17 nitrogen and oxygen atoms in total. The summed E-state index contributed by atoms with van der Waals surface area (Å²) in [4.78, 5) is 11.1. The molecule has 0 aromatic heterocycles. The minimum atomic E-state index is -5.08. The van der Waals surface area contributed by atoms with Crippen molar-refractivity contribution in [2.75, 3.05) is 11.1 Å². The number of nitrogens with zero attached hydrogens (tertiary/aromatic N) is 6. The van der Waals surface area contributed by atoms with Gasteiger partial charge in [0, 0.05) is 11.3 Å². The van der Waals surface area contributed by atoms with Crippen molar-refractivity contribution < 1.29 is 40.9 Å². The highest BCUT2D eigenvalue weighted by Crippen LogP contribution is 2.48. The van der Waals surface area contributed by atoms with Gasteiger partial charge in [-0.2, -0.15) is 37.3 Å². The van der Waals surface area contributed by atoms with Gasteiger partial charge in [0.25, 0.3) is 26.1 Å². The van der Waals surface area contributed by atoms with E-state index >= 15 is 0 Å². The molecule has 0 atom stereocenters. The molecule has 0 bridgehead atoms. The molecule has 0 heterocycles. The molecule has 0 unspecified atom stereocenters. The molecule has 272 valence electrons. The van der Waals surface area contributed by atoms with Crippen molar-refractivity contribution in [1.82, 2.24) is 0 Å². The van der Waals surface area contributed by atoms with Gasteiger partial charge in [-0.15, -0.1) is 10.2 Å². The molecule has 6 rings (SSSR count). The molecule has 0 fully saturated rings. The van der Waals surface area contributed by atoms with Gasteiger partial charge in [0.05, 0.1) is 33.8 Å². The molecule has 0 aliphatic carbocycles. The number of amides is 1. The second kappa shape index (κ2) is 15.0. The molecule has 0 aliphatic heterocycles. The average Bonchev–Trinajstić information content (AvgIpc) is 3.14. The summed E-state index contributed by atoms with van der Waals surface area (Å²) >= 11 is 0. The Bertz CT molecular complexity index is 2710. The van der Waals surface area contributed by atoms with E-state index in [2.05, 4.69) is 36.0 Å². The molecule has 0 aliphatic rings. The Morgan fingerprint density at radius 1 is 0.574 bits per heavy atom. The van der Waals surface area contributed by atoms with Crippen LogP contribution in [0.25, 0.3) is 10.8 Å². The van der Waals surface area contributed by atoms with Crippen LogP contribution in [0.3, 0.4) is 0 Å². The van der Waals surface area contributed by atoms with Crippen LogP contribution in [0.2, 0.25) is 0 Å². The van der Waals surface area contributed by atoms with Crippen LogP contribution in [0.15, 0.2) is 156 Å². The van der Waals surface area contributed by atoms with Crippen molar-refractivity contribution in [2.45, 2.75) is 9.79 Å². The second-order valence-corrected chi connectivity index (χ2v) is 14.0. The zero-order valence-electron chi connectivity index (χ0n) is 27.4. The van der Waals surface area contributed by atoms with Gasteiger partial charge in [0.1, 0.15) is 26.9 Å². The number of phenolic OH excluding ortho intramolecular Hbond substituents is 2. The van der Waals surface area contributed by atoms with E-state index in [1.54, 1.807) is 54.6 Å². The first-order chi connectivity index (χ1) is 25.7. The van der Waals surface area contributed by atoms with Crippen LogP contribution in [-0.2, 0) is 20.2 Å². The van der Waals surface area contributed by atoms with Crippen LogP contribution >= 0.6 is 0 Å². The van der Waals surface area contributed by atoms with E-state index in [0.29, 0.717) is 17.1 Å². The lowest BCUT2D eigenvalue weighted by molar-refractivity contribution is 0.102. The summed E-state index contributed by atoms with van der Waals surface area (Å²) in [7, 11) is -10.1. The van der Waals surface area contributed by atoms with Crippen LogP contribution in [0.1, 0.15) is 10.4 Å². The maximum absolute atomic E-state index is 12.9. The second-order valence-electron chi connectivity index (χ2n) is 11.3. The third-order valence-electron chi connectivity index (χ3n) is 7.54. The smallest absolute Gasteiger partial charge is 0.296 e. The number of hydrogen-bond donors (Lipinski definition) is 6. The van der Waals surface area contributed by atoms with E-state index < -0.39 is 58.7 Å². The number of nitrogens with one attached hydrogen (secondary N) is 1. The van der Waals surface area contributed by atoms with Crippen LogP contribution < -0.4 is 11.1 Å². The van der Waals surface area contributed by atoms with Gasteiger partial charge in [0.15, 0.2) is 5.75 Å². The highest BCUT2D eigenvalue weighted by Gasteiger charge is 2.28. The first kappa shape index (κ1) is 36.8. The number of aromatic hydroxyl groups is 2. The number of carbonyl (C=O) groups is 1. The maximum Gasteiger partial charge on any atom is 0.296 e. The normalized spacial score (nSPS) is 12.3. The quantitative estimate of drug-likeness (QED) is 0.0437. The molecule has 0 spiro atoms. The van der Waals surface area contributed by atoms with Crippen molar-refractivity contribution in [2.24, 2.45) is 30.7 Å². The lowest BCUT2D eigenvalue weighted by Gasteiger charge is -2.14. The van der Waals surface area contributed by atoms with Crippen molar-refractivity contribution in [1.29, 1.82) is 0 Å². The van der Waals surface area contributed by atoms with Crippen molar-refractivity contribution >= 4 is 82.4 Å². The molecule has 6 aromatic rings. The number of benzene rings is 6. The van der Waals surface area contributed by atoms with Gasteiger partial charge in [-0.3, -0.25) is 13.9 Å². The monoisotopic (exact) mass is 766 g/mol. The highest BCUT2D eigenvalue weighted by atomic mass is 32.2. The summed E-state index contributed by atoms with van der Waals surface area (Å²) in [6.45, 7) is 0. The first-order valence-electron chi connectivity index (χ1n) is 15.4. The van der Waals surface area contributed by atoms with Crippen molar-refractivity contribution in [3.8, 4) is 11.5 Å². The van der Waals surface area contributed by atoms with Gasteiger partial charge >= 0.3 is 0 Å². The van der Waals surface area contributed by atoms with E-state index in [0.717, 1.165) is 12.1 Å². The Labute approximate surface area is 306 Å². The number of hydrogen-bond acceptors (Lipinski definition) is 14. The van der Waals surface area contributed by atoms with E-state index in [1.807, 2.05) is 0 Å². The molecule has 6 aromatic carbocycles. The third kappa shape index (κ3) is 8.40. The fourth-order valence-electron chi connectivity index (χ4n) is 4.94. The lowest BCUT2D eigenvalue weighted by atomic mass is 10.1. The van der Waals surface area contributed by atoms with Gasteiger partial charge in [-0.25, -0.2) is 0 Å². The van der Waals surface area contributed by atoms with Gasteiger partial charge in [0.2, 0.25) is 0 Å². The standard InChI is InChI=1S/C35H26N8O9S2/c36-31-30-21(19-29(54(50,51)52)33(34(30)45)43-40-23-4-2-1-3-5-23)18-28(53(47,48)49)32(31)42-41-24-8-6-20(7-9-24)35(46)37-22-10-12-25(13-11-22)38-39-26-14-16-27(44)17-15-26/h1-19,44-45H,36H2,(H,37,46)(H,47,48,49)(H,50,51,52).